The molecule has 0 fully saturated rings. The largest absolute Gasteiger partial charge is 0.340 e. The van der Waals surface area contributed by atoms with E-state index in [0.29, 0.717) is 11.5 Å². The van der Waals surface area contributed by atoms with E-state index in [0.717, 1.165) is 0 Å². The first-order chi connectivity index (χ1) is 8.19. The molecule has 0 aliphatic carbocycles. The quantitative estimate of drug-likeness (QED) is 0.888. The SMILES string of the molecule is N#Cc1cc(Nc2ccc(F)c(Cl)c2)ncn1. The summed E-state index contributed by atoms with van der Waals surface area (Å²) in [6, 6.07) is 7.59. The van der Waals surface area contributed by atoms with Gasteiger partial charge >= 0.3 is 0 Å². The standard InChI is InChI=1S/C11H6ClFN4/c12-9-3-7(1-2-10(9)13)17-11-4-8(5-14)15-6-16-11/h1-4,6H,(H,15,16,17). The summed E-state index contributed by atoms with van der Waals surface area (Å²) in [5, 5.41) is 11.6. The molecule has 6 heteroatoms. The van der Waals surface area contributed by atoms with Crippen molar-refractivity contribution in [3.05, 3.63) is 47.1 Å². The van der Waals surface area contributed by atoms with Crippen LogP contribution in [0.15, 0.2) is 30.6 Å². The lowest BCUT2D eigenvalue weighted by Crippen LogP contribution is -1.95. The molecule has 0 saturated heterocycles. The van der Waals surface area contributed by atoms with Crippen molar-refractivity contribution in [1.29, 1.82) is 5.26 Å². The smallest absolute Gasteiger partial charge is 0.145 e. The van der Waals surface area contributed by atoms with Gasteiger partial charge < -0.3 is 5.32 Å². The predicted molar refractivity (Wildman–Crippen MR) is 61.4 cm³/mol. The van der Waals surface area contributed by atoms with Gasteiger partial charge in [0.25, 0.3) is 0 Å². The molecule has 0 aliphatic heterocycles. The van der Waals surface area contributed by atoms with Crippen molar-refractivity contribution < 1.29 is 4.39 Å². The molecular weight excluding hydrogens is 243 g/mol. The second kappa shape index (κ2) is 4.76. The first-order valence-electron chi connectivity index (χ1n) is 4.63. The maximum absolute atomic E-state index is 12.9. The summed E-state index contributed by atoms with van der Waals surface area (Å²) in [6.45, 7) is 0. The summed E-state index contributed by atoms with van der Waals surface area (Å²) >= 11 is 5.64. The highest BCUT2D eigenvalue weighted by Gasteiger charge is 2.02. The highest BCUT2D eigenvalue weighted by Crippen LogP contribution is 2.21. The summed E-state index contributed by atoms with van der Waals surface area (Å²) in [6.07, 6.45) is 1.27. The molecule has 0 atom stereocenters. The number of hydrogen-bond donors (Lipinski definition) is 1. The van der Waals surface area contributed by atoms with Gasteiger partial charge in [-0.3, -0.25) is 0 Å². The van der Waals surface area contributed by atoms with Crippen LogP contribution < -0.4 is 5.32 Å². The van der Waals surface area contributed by atoms with Crippen LogP contribution in [0.25, 0.3) is 0 Å². The van der Waals surface area contributed by atoms with Crippen molar-refractivity contribution >= 4 is 23.1 Å². The van der Waals surface area contributed by atoms with Gasteiger partial charge in [-0.15, -0.1) is 0 Å². The molecule has 1 heterocycles. The van der Waals surface area contributed by atoms with Gasteiger partial charge in [0.05, 0.1) is 5.02 Å². The third kappa shape index (κ3) is 2.68. The van der Waals surface area contributed by atoms with Crippen molar-refractivity contribution in [2.45, 2.75) is 0 Å². The van der Waals surface area contributed by atoms with Crippen LogP contribution in [-0.2, 0) is 0 Å². The number of aromatic nitrogens is 2. The van der Waals surface area contributed by atoms with Crippen LogP contribution in [0.3, 0.4) is 0 Å². The first-order valence-corrected chi connectivity index (χ1v) is 5.01. The minimum absolute atomic E-state index is 0.0181. The molecule has 1 aromatic carbocycles. The Hall–Kier alpha value is -2.19. The number of hydrogen-bond acceptors (Lipinski definition) is 4. The van der Waals surface area contributed by atoms with Gasteiger partial charge in [-0.25, -0.2) is 14.4 Å². The molecule has 4 nitrogen and oxygen atoms in total. The maximum atomic E-state index is 12.9. The van der Waals surface area contributed by atoms with Crippen molar-refractivity contribution in [2.24, 2.45) is 0 Å². The fraction of sp³-hybridized carbons (Fsp3) is 0. The molecule has 0 radical (unpaired) electrons. The average Bonchev–Trinajstić information content (AvgIpc) is 2.34. The fourth-order valence-corrected chi connectivity index (χ4v) is 1.39. The second-order valence-corrected chi connectivity index (χ2v) is 3.56. The fourth-order valence-electron chi connectivity index (χ4n) is 1.21. The molecule has 2 rings (SSSR count). The molecule has 2 aromatic rings. The van der Waals surface area contributed by atoms with Gasteiger partial charge in [0.1, 0.15) is 29.7 Å². The highest BCUT2D eigenvalue weighted by atomic mass is 35.5. The zero-order valence-corrected chi connectivity index (χ0v) is 9.24. The third-order valence-corrected chi connectivity index (χ3v) is 2.26. The summed E-state index contributed by atoms with van der Waals surface area (Å²) in [4.78, 5) is 7.66. The predicted octanol–water partition coefficient (Wildman–Crippen LogP) is 2.88. The van der Waals surface area contributed by atoms with E-state index in [1.54, 1.807) is 0 Å². The second-order valence-electron chi connectivity index (χ2n) is 3.15. The van der Waals surface area contributed by atoms with Crippen molar-refractivity contribution in [1.82, 2.24) is 9.97 Å². The Kier molecular flexibility index (Phi) is 3.17. The van der Waals surface area contributed by atoms with Gasteiger partial charge in [0.15, 0.2) is 0 Å². The van der Waals surface area contributed by atoms with Crippen molar-refractivity contribution in [3.63, 3.8) is 0 Å². The summed E-state index contributed by atoms with van der Waals surface area (Å²) in [7, 11) is 0. The Balaban J connectivity index is 2.25. The Morgan fingerprint density at radius 2 is 2.12 bits per heavy atom. The molecule has 0 saturated carbocycles. The molecule has 1 aromatic heterocycles. The number of benzene rings is 1. The number of nitrogens with one attached hydrogen (secondary N) is 1. The molecule has 1 N–H and O–H groups in total. The highest BCUT2D eigenvalue weighted by molar-refractivity contribution is 6.31. The number of anilines is 2. The maximum Gasteiger partial charge on any atom is 0.145 e. The van der Waals surface area contributed by atoms with Gasteiger partial charge in [-0.2, -0.15) is 5.26 Å². The molecule has 0 spiro atoms. The molecule has 0 aliphatic rings. The Bertz CT molecular complexity index is 594. The van der Waals surface area contributed by atoms with E-state index in [2.05, 4.69) is 15.3 Å². The lowest BCUT2D eigenvalue weighted by molar-refractivity contribution is 0.628. The minimum atomic E-state index is -0.488. The average molecular weight is 249 g/mol. The summed E-state index contributed by atoms with van der Waals surface area (Å²) in [5.41, 5.74) is 0.828. The zero-order valence-electron chi connectivity index (χ0n) is 8.48. The van der Waals surface area contributed by atoms with Crippen LogP contribution in [0, 0.1) is 17.1 Å². The monoisotopic (exact) mass is 248 g/mol. The van der Waals surface area contributed by atoms with Crippen molar-refractivity contribution in [3.8, 4) is 6.07 Å². The summed E-state index contributed by atoms with van der Waals surface area (Å²) < 4.78 is 12.9. The zero-order chi connectivity index (χ0) is 12.3. The number of nitriles is 1. The lowest BCUT2D eigenvalue weighted by atomic mass is 10.3. The Morgan fingerprint density at radius 1 is 1.29 bits per heavy atom. The number of nitrogens with zero attached hydrogens (tertiary/aromatic N) is 3. The molecule has 0 amide bonds. The van der Waals surface area contributed by atoms with E-state index in [1.165, 1.54) is 30.6 Å². The van der Waals surface area contributed by atoms with Crippen LogP contribution in [0.4, 0.5) is 15.9 Å². The summed E-state index contributed by atoms with van der Waals surface area (Å²) in [5.74, 6) is -0.0446. The van der Waals surface area contributed by atoms with Crippen LogP contribution in [0.5, 0.6) is 0 Å². The van der Waals surface area contributed by atoms with E-state index >= 15 is 0 Å². The molecule has 0 unspecified atom stereocenters. The van der Waals surface area contributed by atoms with Crippen LogP contribution in [0.1, 0.15) is 5.69 Å². The van der Waals surface area contributed by atoms with Gasteiger partial charge in [0.2, 0.25) is 0 Å². The Labute approximate surface area is 102 Å². The Morgan fingerprint density at radius 3 is 2.82 bits per heavy atom. The van der Waals surface area contributed by atoms with Gasteiger partial charge in [0, 0.05) is 11.8 Å². The molecular formula is C11H6ClFN4. The van der Waals surface area contributed by atoms with E-state index < -0.39 is 5.82 Å². The van der Waals surface area contributed by atoms with E-state index in [4.69, 9.17) is 16.9 Å². The van der Waals surface area contributed by atoms with E-state index in [9.17, 15) is 4.39 Å². The normalized spacial score (nSPS) is 9.71. The van der Waals surface area contributed by atoms with Gasteiger partial charge in [-0.05, 0) is 18.2 Å². The van der Waals surface area contributed by atoms with Crippen molar-refractivity contribution in [2.75, 3.05) is 5.32 Å². The molecule has 17 heavy (non-hydrogen) atoms. The topological polar surface area (TPSA) is 61.6 Å². The lowest BCUT2D eigenvalue weighted by Gasteiger charge is -2.05. The molecule has 84 valence electrons. The van der Waals surface area contributed by atoms with E-state index in [1.807, 2.05) is 6.07 Å². The van der Waals surface area contributed by atoms with E-state index in [-0.39, 0.29) is 10.7 Å². The minimum Gasteiger partial charge on any atom is -0.340 e. The molecule has 0 bridgehead atoms. The van der Waals surface area contributed by atoms with Crippen LogP contribution >= 0.6 is 11.6 Å². The first kappa shape index (κ1) is 11.3. The number of halogens is 2. The van der Waals surface area contributed by atoms with Crippen LogP contribution in [0.2, 0.25) is 5.02 Å². The third-order valence-electron chi connectivity index (χ3n) is 1.97. The van der Waals surface area contributed by atoms with Crippen LogP contribution in [-0.4, -0.2) is 9.97 Å². The number of rotatable bonds is 2. The van der Waals surface area contributed by atoms with Gasteiger partial charge in [-0.1, -0.05) is 11.6 Å².